The molecule has 0 radical (unpaired) electrons. The average Bonchev–Trinajstić information content (AvgIpc) is 2.01. The summed E-state index contributed by atoms with van der Waals surface area (Å²) in [5.74, 6) is -0.493. The molecule has 1 aromatic carbocycles. The Labute approximate surface area is 83.7 Å². The highest BCUT2D eigenvalue weighted by Crippen LogP contribution is 2.27. The Balaban J connectivity index is 3.41. The van der Waals surface area contributed by atoms with Crippen molar-refractivity contribution in [2.75, 3.05) is 0 Å². The van der Waals surface area contributed by atoms with Crippen molar-refractivity contribution in [3.63, 3.8) is 0 Å². The van der Waals surface area contributed by atoms with Crippen molar-refractivity contribution in [3.8, 4) is 6.07 Å². The maximum absolute atomic E-state index is 12.8. The number of aliphatic hydroxyl groups is 1. The van der Waals surface area contributed by atoms with E-state index in [9.17, 15) is 9.50 Å². The van der Waals surface area contributed by atoms with E-state index in [-0.39, 0.29) is 5.56 Å². The molecule has 0 fully saturated rings. The lowest BCUT2D eigenvalue weighted by Crippen LogP contribution is -1.98. The second kappa shape index (κ2) is 3.86. The largest absolute Gasteiger partial charge is 0.389 e. The molecule has 1 rings (SSSR count). The van der Waals surface area contributed by atoms with Crippen LogP contribution in [0.1, 0.15) is 24.2 Å². The predicted octanol–water partition coefficient (Wildman–Crippen LogP) is 2.51. The molecule has 1 aromatic rings. The Kier molecular flexibility index (Phi) is 3.02. The lowest BCUT2D eigenvalue weighted by Gasteiger charge is -2.09. The highest BCUT2D eigenvalue weighted by Gasteiger charge is 2.13. The smallest absolute Gasteiger partial charge is 0.125 e. The molecule has 4 heteroatoms. The maximum Gasteiger partial charge on any atom is 0.125 e. The maximum atomic E-state index is 12.8. The molecule has 0 aliphatic carbocycles. The van der Waals surface area contributed by atoms with Crippen molar-refractivity contribution in [1.29, 1.82) is 5.26 Å². The molecule has 68 valence electrons. The van der Waals surface area contributed by atoms with E-state index in [4.69, 9.17) is 5.26 Å². The molecule has 1 N–H and O–H groups in total. The van der Waals surface area contributed by atoms with Crippen molar-refractivity contribution in [2.24, 2.45) is 0 Å². The van der Waals surface area contributed by atoms with Gasteiger partial charge in [-0.2, -0.15) is 5.26 Å². The summed E-state index contributed by atoms with van der Waals surface area (Å²) in [4.78, 5) is 0. The van der Waals surface area contributed by atoms with Crippen LogP contribution in [0.2, 0.25) is 0 Å². The second-order valence-electron chi connectivity index (χ2n) is 2.64. The van der Waals surface area contributed by atoms with Crippen LogP contribution in [0.25, 0.3) is 0 Å². The van der Waals surface area contributed by atoms with Crippen LogP contribution in [0.4, 0.5) is 4.39 Å². The van der Waals surface area contributed by atoms with E-state index in [0.29, 0.717) is 10.0 Å². The van der Waals surface area contributed by atoms with Gasteiger partial charge in [-0.05, 0) is 19.1 Å². The lowest BCUT2D eigenvalue weighted by molar-refractivity contribution is 0.198. The summed E-state index contributed by atoms with van der Waals surface area (Å²) in [6, 6.07) is 4.16. The Hall–Kier alpha value is -0.920. The molecule has 1 unspecified atom stereocenters. The number of benzene rings is 1. The van der Waals surface area contributed by atoms with E-state index in [1.165, 1.54) is 13.0 Å². The first-order valence-electron chi connectivity index (χ1n) is 3.63. The number of aliphatic hydroxyl groups excluding tert-OH is 1. The summed E-state index contributed by atoms with van der Waals surface area (Å²) in [6.45, 7) is 1.53. The van der Waals surface area contributed by atoms with Gasteiger partial charge in [0.1, 0.15) is 5.82 Å². The third kappa shape index (κ3) is 2.06. The molecule has 2 nitrogen and oxygen atoms in total. The Bertz CT molecular complexity index is 371. The van der Waals surface area contributed by atoms with Crippen LogP contribution in [-0.2, 0) is 0 Å². The third-order valence-corrected chi connectivity index (χ3v) is 2.29. The summed E-state index contributed by atoms with van der Waals surface area (Å²) in [7, 11) is 0. The Morgan fingerprint density at radius 1 is 1.62 bits per heavy atom. The molecule has 0 aliphatic rings. The number of nitriles is 1. The van der Waals surface area contributed by atoms with Gasteiger partial charge in [0.05, 0.1) is 17.7 Å². The number of halogens is 2. The minimum Gasteiger partial charge on any atom is -0.389 e. The van der Waals surface area contributed by atoms with Crippen molar-refractivity contribution in [3.05, 3.63) is 33.5 Å². The standard InChI is InChI=1S/C9H7BrFNO/c1-5(13)9-6(4-12)2-7(11)3-8(9)10/h2-3,5,13H,1H3. The van der Waals surface area contributed by atoms with E-state index in [1.54, 1.807) is 0 Å². The Morgan fingerprint density at radius 2 is 2.23 bits per heavy atom. The number of nitrogens with zero attached hydrogens (tertiary/aromatic N) is 1. The zero-order chi connectivity index (χ0) is 10.0. The Morgan fingerprint density at radius 3 is 2.69 bits per heavy atom. The van der Waals surface area contributed by atoms with Gasteiger partial charge in [0, 0.05) is 10.0 Å². The van der Waals surface area contributed by atoms with Crippen LogP contribution < -0.4 is 0 Å². The highest BCUT2D eigenvalue weighted by molar-refractivity contribution is 9.10. The van der Waals surface area contributed by atoms with E-state index >= 15 is 0 Å². The fourth-order valence-corrected chi connectivity index (χ4v) is 1.87. The van der Waals surface area contributed by atoms with E-state index in [2.05, 4.69) is 15.9 Å². The molecule has 0 saturated heterocycles. The second-order valence-corrected chi connectivity index (χ2v) is 3.49. The number of hydrogen-bond donors (Lipinski definition) is 1. The molecule has 0 saturated carbocycles. The normalized spacial score (nSPS) is 12.2. The molecule has 0 heterocycles. The zero-order valence-electron chi connectivity index (χ0n) is 6.88. The number of rotatable bonds is 1. The van der Waals surface area contributed by atoms with Crippen molar-refractivity contribution in [2.45, 2.75) is 13.0 Å². The first-order chi connectivity index (χ1) is 6.06. The SMILES string of the molecule is CC(O)c1c(Br)cc(F)cc1C#N. The first-order valence-corrected chi connectivity index (χ1v) is 4.42. The van der Waals surface area contributed by atoms with Gasteiger partial charge >= 0.3 is 0 Å². The summed E-state index contributed by atoms with van der Waals surface area (Å²) in [5.41, 5.74) is 0.575. The van der Waals surface area contributed by atoms with Gasteiger partial charge in [0.25, 0.3) is 0 Å². The van der Waals surface area contributed by atoms with Gasteiger partial charge in [-0.1, -0.05) is 15.9 Å². The van der Waals surface area contributed by atoms with Gasteiger partial charge in [-0.3, -0.25) is 0 Å². The van der Waals surface area contributed by atoms with Crippen molar-refractivity contribution >= 4 is 15.9 Å². The topological polar surface area (TPSA) is 44.0 Å². The van der Waals surface area contributed by atoms with E-state index < -0.39 is 11.9 Å². The van der Waals surface area contributed by atoms with Gasteiger partial charge in [-0.15, -0.1) is 0 Å². The molecule has 0 aliphatic heterocycles. The summed E-state index contributed by atoms with van der Waals surface area (Å²) in [5, 5.41) is 18.0. The van der Waals surface area contributed by atoms with Gasteiger partial charge in [0.15, 0.2) is 0 Å². The molecule has 0 aromatic heterocycles. The summed E-state index contributed by atoms with van der Waals surface area (Å²) < 4.78 is 13.2. The van der Waals surface area contributed by atoms with Crippen LogP contribution >= 0.6 is 15.9 Å². The minimum atomic E-state index is -0.787. The minimum absolute atomic E-state index is 0.155. The fraction of sp³-hybridized carbons (Fsp3) is 0.222. The first kappa shape index (κ1) is 10.2. The van der Waals surface area contributed by atoms with Crippen LogP contribution in [0.3, 0.4) is 0 Å². The van der Waals surface area contributed by atoms with E-state index in [0.717, 1.165) is 6.07 Å². The van der Waals surface area contributed by atoms with Gasteiger partial charge in [0.2, 0.25) is 0 Å². The molecule has 0 spiro atoms. The monoisotopic (exact) mass is 243 g/mol. The molecular weight excluding hydrogens is 237 g/mol. The fourth-order valence-electron chi connectivity index (χ4n) is 1.10. The summed E-state index contributed by atoms with van der Waals surface area (Å²) >= 11 is 3.09. The predicted molar refractivity (Wildman–Crippen MR) is 49.4 cm³/mol. The van der Waals surface area contributed by atoms with E-state index in [1.807, 2.05) is 6.07 Å². The number of hydrogen-bond acceptors (Lipinski definition) is 2. The average molecular weight is 244 g/mol. The van der Waals surface area contributed by atoms with Gasteiger partial charge in [-0.25, -0.2) is 4.39 Å². The molecule has 0 amide bonds. The van der Waals surface area contributed by atoms with Crippen LogP contribution in [0, 0.1) is 17.1 Å². The molecule has 1 atom stereocenters. The third-order valence-electron chi connectivity index (χ3n) is 1.63. The van der Waals surface area contributed by atoms with Crippen LogP contribution in [0.5, 0.6) is 0 Å². The van der Waals surface area contributed by atoms with Crippen LogP contribution in [-0.4, -0.2) is 5.11 Å². The van der Waals surface area contributed by atoms with Crippen molar-refractivity contribution < 1.29 is 9.50 Å². The van der Waals surface area contributed by atoms with Gasteiger partial charge < -0.3 is 5.11 Å². The lowest BCUT2D eigenvalue weighted by atomic mass is 10.0. The van der Waals surface area contributed by atoms with Crippen LogP contribution in [0.15, 0.2) is 16.6 Å². The highest BCUT2D eigenvalue weighted by atomic mass is 79.9. The molecule has 13 heavy (non-hydrogen) atoms. The molecular formula is C9H7BrFNO. The van der Waals surface area contributed by atoms with Crippen molar-refractivity contribution in [1.82, 2.24) is 0 Å². The zero-order valence-corrected chi connectivity index (χ0v) is 8.47. The quantitative estimate of drug-likeness (QED) is 0.824. The molecule has 0 bridgehead atoms. The summed E-state index contributed by atoms with van der Waals surface area (Å²) in [6.07, 6.45) is -0.787.